The largest absolute Gasteiger partial charge is 0.494 e. The monoisotopic (exact) mass is 439 g/mol. The van der Waals surface area contributed by atoms with Gasteiger partial charge in [0.25, 0.3) is 0 Å². The Bertz CT molecular complexity index is 1310. The van der Waals surface area contributed by atoms with Crippen molar-refractivity contribution in [1.82, 2.24) is 23.7 Å². The molecule has 5 rings (SSSR count). The van der Waals surface area contributed by atoms with Gasteiger partial charge < -0.3 is 18.4 Å². The Hall–Kier alpha value is -4.13. The lowest BCUT2D eigenvalue weighted by atomic mass is 10.1. The number of carbonyl (C=O) groups is 1. The SMILES string of the molecule is CCOc1ccc(CC(=O)N(Cc2cnc3ccccn23)Cc2cnc3ccccn23)cc1. The molecule has 0 saturated carbocycles. The minimum absolute atomic E-state index is 0.0379. The molecule has 5 aromatic rings. The van der Waals surface area contributed by atoms with Gasteiger partial charge in [0.05, 0.1) is 49.9 Å². The van der Waals surface area contributed by atoms with Crippen LogP contribution in [0.2, 0.25) is 0 Å². The van der Waals surface area contributed by atoms with Gasteiger partial charge in [-0.2, -0.15) is 0 Å². The van der Waals surface area contributed by atoms with Crippen molar-refractivity contribution >= 4 is 17.2 Å². The first-order valence-electron chi connectivity index (χ1n) is 11.0. The third-order valence-corrected chi connectivity index (χ3v) is 5.64. The molecule has 0 aliphatic rings. The molecule has 1 aromatic carbocycles. The molecule has 0 saturated heterocycles. The average Bonchev–Trinajstić information content (AvgIpc) is 3.44. The number of aromatic nitrogens is 4. The lowest BCUT2D eigenvalue weighted by molar-refractivity contribution is -0.131. The molecule has 0 unspecified atom stereocenters. The molecule has 33 heavy (non-hydrogen) atoms. The van der Waals surface area contributed by atoms with Crippen LogP contribution in [0.25, 0.3) is 11.3 Å². The molecule has 0 bridgehead atoms. The van der Waals surface area contributed by atoms with Gasteiger partial charge in [0.2, 0.25) is 5.91 Å². The third kappa shape index (κ3) is 4.43. The standard InChI is InChI=1S/C26H25N5O2/c1-2-33-23-11-9-20(10-12-23)15-26(32)29(18-21-16-27-24-7-3-5-13-30(21)24)19-22-17-28-25-8-4-6-14-31(22)25/h3-14,16-17H,2,15,18-19H2,1H3. The van der Waals surface area contributed by atoms with Crippen molar-refractivity contribution in [3.8, 4) is 5.75 Å². The highest BCUT2D eigenvalue weighted by Gasteiger charge is 2.19. The maximum atomic E-state index is 13.5. The number of hydrogen-bond donors (Lipinski definition) is 0. The zero-order valence-corrected chi connectivity index (χ0v) is 18.5. The molecule has 7 heteroatoms. The summed E-state index contributed by atoms with van der Waals surface area (Å²) in [6.07, 6.45) is 7.92. The van der Waals surface area contributed by atoms with E-state index in [0.717, 1.165) is 34.0 Å². The maximum Gasteiger partial charge on any atom is 0.227 e. The van der Waals surface area contributed by atoms with Crippen molar-refractivity contribution in [1.29, 1.82) is 0 Å². The molecule has 1 amide bonds. The van der Waals surface area contributed by atoms with E-state index >= 15 is 0 Å². The van der Waals surface area contributed by atoms with Gasteiger partial charge in [-0.3, -0.25) is 4.79 Å². The number of carbonyl (C=O) groups excluding carboxylic acids is 1. The van der Waals surface area contributed by atoms with Crippen molar-refractivity contribution in [2.24, 2.45) is 0 Å². The van der Waals surface area contributed by atoms with E-state index in [2.05, 4.69) is 9.97 Å². The molecule has 0 aliphatic carbocycles. The number of fused-ring (bicyclic) bond motifs is 2. The van der Waals surface area contributed by atoms with E-state index in [9.17, 15) is 4.79 Å². The Balaban J connectivity index is 1.42. The Labute approximate surface area is 191 Å². The highest BCUT2D eigenvalue weighted by Crippen LogP contribution is 2.17. The maximum absolute atomic E-state index is 13.5. The zero-order valence-electron chi connectivity index (χ0n) is 18.5. The molecule has 7 nitrogen and oxygen atoms in total. The van der Waals surface area contributed by atoms with Crippen LogP contribution >= 0.6 is 0 Å². The zero-order chi connectivity index (χ0) is 22.6. The lowest BCUT2D eigenvalue weighted by Gasteiger charge is -2.23. The van der Waals surface area contributed by atoms with Gasteiger partial charge in [-0.25, -0.2) is 9.97 Å². The molecular formula is C26H25N5O2. The van der Waals surface area contributed by atoms with E-state index in [-0.39, 0.29) is 5.91 Å². The predicted octanol–water partition coefficient (Wildman–Crippen LogP) is 4.15. The van der Waals surface area contributed by atoms with Gasteiger partial charge in [0.1, 0.15) is 17.0 Å². The quantitative estimate of drug-likeness (QED) is 0.364. The Morgan fingerprint density at radius 2 is 1.42 bits per heavy atom. The second-order valence-electron chi connectivity index (χ2n) is 7.86. The lowest BCUT2D eigenvalue weighted by Crippen LogP contribution is -2.32. The summed E-state index contributed by atoms with van der Waals surface area (Å²) >= 11 is 0. The number of hydrogen-bond acceptors (Lipinski definition) is 4. The summed E-state index contributed by atoms with van der Waals surface area (Å²) in [7, 11) is 0. The first-order chi connectivity index (χ1) is 16.2. The van der Waals surface area contributed by atoms with Crippen LogP contribution in [0, 0.1) is 0 Å². The minimum Gasteiger partial charge on any atom is -0.494 e. The fourth-order valence-electron chi connectivity index (χ4n) is 3.98. The van der Waals surface area contributed by atoms with Gasteiger partial charge in [0.15, 0.2) is 0 Å². The van der Waals surface area contributed by atoms with E-state index in [4.69, 9.17) is 4.74 Å². The van der Waals surface area contributed by atoms with Crippen molar-refractivity contribution in [3.63, 3.8) is 0 Å². The Kier molecular flexibility index (Phi) is 5.76. The highest BCUT2D eigenvalue weighted by atomic mass is 16.5. The smallest absolute Gasteiger partial charge is 0.227 e. The Morgan fingerprint density at radius 1 is 0.848 bits per heavy atom. The highest BCUT2D eigenvalue weighted by molar-refractivity contribution is 5.78. The molecule has 0 atom stereocenters. The average molecular weight is 440 g/mol. The number of amides is 1. The van der Waals surface area contributed by atoms with Crippen LogP contribution in [0.3, 0.4) is 0 Å². The van der Waals surface area contributed by atoms with E-state index < -0.39 is 0 Å². The molecule has 4 heterocycles. The fourth-order valence-corrected chi connectivity index (χ4v) is 3.98. The summed E-state index contributed by atoms with van der Waals surface area (Å²) < 4.78 is 9.56. The van der Waals surface area contributed by atoms with Gasteiger partial charge in [-0.15, -0.1) is 0 Å². The van der Waals surface area contributed by atoms with Crippen LogP contribution in [-0.2, 0) is 24.3 Å². The van der Waals surface area contributed by atoms with Gasteiger partial charge in [-0.05, 0) is 48.9 Å². The van der Waals surface area contributed by atoms with E-state index in [1.807, 2.05) is 106 Å². The molecule has 0 fully saturated rings. The van der Waals surface area contributed by atoms with Crippen molar-refractivity contribution in [2.45, 2.75) is 26.4 Å². The van der Waals surface area contributed by atoms with Gasteiger partial charge >= 0.3 is 0 Å². The first-order valence-corrected chi connectivity index (χ1v) is 11.0. The van der Waals surface area contributed by atoms with Crippen molar-refractivity contribution < 1.29 is 9.53 Å². The summed E-state index contributed by atoms with van der Waals surface area (Å²) in [5.74, 6) is 0.845. The third-order valence-electron chi connectivity index (χ3n) is 5.64. The molecule has 0 aliphatic heterocycles. The van der Waals surface area contributed by atoms with Crippen LogP contribution < -0.4 is 4.74 Å². The van der Waals surface area contributed by atoms with Crippen molar-refractivity contribution in [2.75, 3.05) is 6.61 Å². The number of ether oxygens (including phenoxy) is 1. The number of pyridine rings is 2. The Morgan fingerprint density at radius 3 is 1.97 bits per heavy atom. The summed E-state index contributed by atoms with van der Waals surface area (Å²) in [5.41, 5.74) is 4.59. The first kappa shape index (κ1) is 20.8. The molecule has 4 aromatic heterocycles. The van der Waals surface area contributed by atoms with Crippen LogP contribution in [0.15, 0.2) is 85.5 Å². The second kappa shape index (κ2) is 9.16. The normalized spacial score (nSPS) is 11.2. The summed E-state index contributed by atoms with van der Waals surface area (Å²) in [6.45, 7) is 3.46. The van der Waals surface area contributed by atoms with Crippen LogP contribution in [0.5, 0.6) is 5.75 Å². The number of rotatable bonds is 8. The molecular weight excluding hydrogens is 414 g/mol. The minimum atomic E-state index is 0.0379. The van der Waals surface area contributed by atoms with Crippen LogP contribution in [0.4, 0.5) is 0 Å². The van der Waals surface area contributed by atoms with E-state index in [1.165, 1.54) is 0 Å². The number of imidazole rings is 2. The molecule has 0 radical (unpaired) electrons. The summed E-state index contributed by atoms with van der Waals surface area (Å²) in [6, 6.07) is 19.5. The predicted molar refractivity (Wildman–Crippen MR) is 126 cm³/mol. The molecule has 166 valence electrons. The van der Waals surface area contributed by atoms with Gasteiger partial charge in [-0.1, -0.05) is 24.3 Å². The number of nitrogens with zero attached hydrogens (tertiary/aromatic N) is 5. The topological polar surface area (TPSA) is 64.1 Å². The fraction of sp³-hybridized carbons (Fsp3) is 0.192. The van der Waals surface area contributed by atoms with E-state index in [0.29, 0.717) is 26.1 Å². The summed E-state index contributed by atoms with van der Waals surface area (Å²) in [4.78, 5) is 24.3. The van der Waals surface area contributed by atoms with Gasteiger partial charge in [0, 0.05) is 12.4 Å². The molecule has 0 N–H and O–H groups in total. The number of benzene rings is 1. The van der Waals surface area contributed by atoms with E-state index in [1.54, 1.807) is 0 Å². The molecule has 0 spiro atoms. The second-order valence-corrected chi connectivity index (χ2v) is 7.86. The van der Waals surface area contributed by atoms with Crippen molar-refractivity contribution in [3.05, 3.63) is 102 Å². The summed E-state index contributed by atoms with van der Waals surface area (Å²) in [5, 5.41) is 0. The van der Waals surface area contributed by atoms with Crippen LogP contribution in [0.1, 0.15) is 23.9 Å². The van der Waals surface area contributed by atoms with Crippen LogP contribution in [-0.4, -0.2) is 36.2 Å².